The zero-order valence-electron chi connectivity index (χ0n) is 24.7. The summed E-state index contributed by atoms with van der Waals surface area (Å²) in [6, 6.07) is 16.9. The smallest absolute Gasteiger partial charge is 0.272 e. The lowest BCUT2D eigenvalue weighted by atomic mass is 10.0. The van der Waals surface area contributed by atoms with Crippen LogP contribution in [0.15, 0.2) is 65.6 Å². The molecule has 1 aliphatic heterocycles. The summed E-state index contributed by atoms with van der Waals surface area (Å²) in [7, 11) is -2.59. The fraction of sp³-hybridized carbons (Fsp3) is 0.355. The Morgan fingerprint density at radius 1 is 1.02 bits per heavy atom. The lowest BCUT2D eigenvalue weighted by molar-refractivity contribution is -0.133. The topological polar surface area (TPSA) is 126 Å². The van der Waals surface area contributed by atoms with Crippen molar-refractivity contribution in [3.8, 4) is 11.5 Å². The first-order valence-electron chi connectivity index (χ1n) is 14.2. The van der Waals surface area contributed by atoms with Gasteiger partial charge in [-0.1, -0.05) is 38.1 Å². The number of likely N-dealkylation sites (tertiary alicyclic amines) is 1. The second-order valence-electron chi connectivity index (χ2n) is 11.0. The van der Waals surface area contributed by atoms with Crippen molar-refractivity contribution in [1.82, 2.24) is 14.9 Å². The molecule has 5 rings (SSSR count). The van der Waals surface area contributed by atoms with Crippen molar-refractivity contribution in [1.29, 1.82) is 0 Å². The number of aromatic nitrogens is 2. The Bertz CT molecular complexity index is 1730. The summed E-state index contributed by atoms with van der Waals surface area (Å²) in [4.78, 5) is 10.8. The predicted octanol–water partition coefficient (Wildman–Crippen LogP) is 5.52. The molecule has 0 saturated carbocycles. The number of nitrogens with zero attached hydrogens (tertiary/aromatic N) is 3. The third-order valence-electron chi connectivity index (χ3n) is 7.12. The molecule has 44 heavy (non-hydrogen) atoms. The summed E-state index contributed by atoms with van der Waals surface area (Å²) >= 11 is 0. The predicted molar refractivity (Wildman–Crippen MR) is 165 cm³/mol. The molecule has 1 aliphatic rings. The maximum atomic E-state index is 13.5. The number of rotatable bonds is 13. The number of alkyl halides is 2. The molecular formula is C31H35F2N5O5S. The Hall–Kier alpha value is -4.07. The number of sulfonamides is 1. The molecule has 0 amide bonds. The van der Waals surface area contributed by atoms with E-state index in [1.807, 2.05) is 26.0 Å². The van der Waals surface area contributed by atoms with Crippen LogP contribution < -0.4 is 19.5 Å². The van der Waals surface area contributed by atoms with Crippen molar-refractivity contribution >= 4 is 38.4 Å². The highest BCUT2D eigenvalue weighted by molar-refractivity contribution is 7.92. The van der Waals surface area contributed by atoms with Crippen LogP contribution in [0.25, 0.3) is 11.0 Å². The van der Waals surface area contributed by atoms with E-state index in [1.165, 1.54) is 19.2 Å². The van der Waals surface area contributed by atoms with E-state index in [4.69, 9.17) is 9.47 Å². The fourth-order valence-electron chi connectivity index (χ4n) is 4.81. The van der Waals surface area contributed by atoms with Crippen molar-refractivity contribution < 1.29 is 31.8 Å². The SMILES string of the molecule is COc1cc(C(C)C)cc(Nc2nc3ccccc3nc2NS(=O)(=O)c2ccc(CN3CC(F)(F)C3)cc2)c1OCCCO. The first-order chi connectivity index (χ1) is 21.0. The minimum atomic E-state index is -4.12. The zero-order chi connectivity index (χ0) is 31.5. The Labute approximate surface area is 255 Å². The van der Waals surface area contributed by atoms with Gasteiger partial charge in [-0.2, -0.15) is 0 Å². The second-order valence-corrected chi connectivity index (χ2v) is 12.6. The molecule has 0 aliphatic carbocycles. The van der Waals surface area contributed by atoms with Crippen LogP contribution in [-0.2, 0) is 16.6 Å². The molecule has 0 spiro atoms. The molecule has 1 fully saturated rings. The third kappa shape index (κ3) is 7.17. The lowest BCUT2D eigenvalue weighted by Gasteiger charge is -2.38. The number of benzene rings is 3. The monoisotopic (exact) mass is 627 g/mol. The molecule has 4 aromatic rings. The highest BCUT2D eigenvalue weighted by Crippen LogP contribution is 2.41. The minimum absolute atomic E-state index is 0.0207. The van der Waals surface area contributed by atoms with Crippen molar-refractivity contribution in [2.45, 2.75) is 43.5 Å². The van der Waals surface area contributed by atoms with E-state index < -0.39 is 15.9 Å². The van der Waals surface area contributed by atoms with Gasteiger partial charge in [0, 0.05) is 19.6 Å². The van der Waals surface area contributed by atoms with Gasteiger partial charge < -0.3 is 19.9 Å². The standard InChI is InChI=1S/C31H35F2N5O5S/c1-20(2)22-15-26(28(27(16-22)42-3)43-14-6-13-39)36-29-30(35-25-8-5-4-7-24(25)34-29)37-44(40,41)23-11-9-21(10-12-23)17-38-18-31(32,33)19-38/h4-5,7-12,15-16,20,39H,6,13-14,17-19H2,1-3H3,(H,34,36)(H,35,37). The quantitative estimate of drug-likeness (QED) is 0.164. The summed E-state index contributed by atoms with van der Waals surface area (Å²) in [5.74, 6) is -1.59. The molecule has 1 aromatic heterocycles. The van der Waals surface area contributed by atoms with Crippen molar-refractivity contribution in [2.75, 3.05) is 43.5 Å². The van der Waals surface area contributed by atoms with Crippen molar-refractivity contribution in [2.24, 2.45) is 0 Å². The van der Waals surface area contributed by atoms with Crippen LogP contribution in [0.1, 0.15) is 37.3 Å². The Kier molecular flexibility index (Phi) is 9.18. The molecule has 10 nitrogen and oxygen atoms in total. The van der Waals surface area contributed by atoms with E-state index in [0.29, 0.717) is 41.2 Å². The maximum Gasteiger partial charge on any atom is 0.272 e. The van der Waals surface area contributed by atoms with Gasteiger partial charge in [0.15, 0.2) is 23.1 Å². The molecule has 0 atom stereocenters. The van der Waals surface area contributed by atoms with Gasteiger partial charge in [0.1, 0.15) is 0 Å². The van der Waals surface area contributed by atoms with Crippen LogP contribution in [0.5, 0.6) is 11.5 Å². The molecule has 13 heteroatoms. The number of hydrogen-bond acceptors (Lipinski definition) is 9. The van der Waals surface area contributed by atoms with Crippen molar-refractivity contribution in [3.63, 3.8) is 0 Å². The number of nitrogens with one attached hydrogen (secondary N) is 2. The van der Waals surface area contributed by atoms with Gasteiger partial charge in [-0.05, 0) is 53.4 Å². The Morgan fingerprint density at radius 3 is 2.27 bits per heavy atom. The lowest BCUT2D eigenvalue weighted by Crippen LogP contribution is -2.55. The van der Waals surface area contributed by atoms with E-state index in [-0.39, 0.29) is 48.8 Å². The van der Waals surface area contributed by atoms with Crippen LogP contribution in [-0.4, -0.2) is 67.7 Å². The number of methoxy groups -OCH3 is 1. The first-order valence-corrected chi connectivity index (χ1v) is 15.7. The summed E-state index contributed by atoms with van der Waals surface area (Å²) in [5.41, 5.74) is 3.16. The van der Waals surface area contributed by atoms with Crippen LogP contribution >= 0.6 is 0 Å². The molecule has 0 radical (unpaired) electrons. The normalized spacial score (nSPS) is 14.8. The average molecular weight is 628 g/mol. The van der Waals surface area contributed by atoms with Crippen LogP contribution in [0.2, 0.25) is 0 Å². The number of hydrogen-bond donors (Lipinski definition) is 3. The van der Waals surface area contributed by atoms with Gasteiger partial charge in [0.2, 0.25) is 0 Å². The van der Waals surface area contributed by atoms with E-state index >= 15 is 0 Å². The number of para-hydroxylation sites is 2. The molecule has 234 valence electrons. The van der Waals surface area contributed by atoms with Gasteiger partial charge in [-0.25, -0.2) is 27.2 Å². The van der Waals surface area contributed by atoms with Gasteiger partial charge in [0.25, 0.3) is 15.9 Å². The van der Waals surface area contributed by atoms with E-state index in [2.05, 4.69) is 20.0 Å². The molecule has 0 unspecified atom stereocenters. The zero-order valence-corrected chi connectivity index (χ0v) is 25.5. The van der Waals surface area contributed by atoms with Crippen molar-refractivity contribution in [3.05, 3.63) is 71.8 Å². The molecule has 2 heterocycles. The number of anilines is 3. The highest BCUT2D eigenvalue weighted by Gasteiger charge is 2.43. The fourth-order valence-corrected chi connectivity index (χ4v) is 5.82. The molecule has 3 N–H and O–H groups in total. The average Bonchev–Trinajstić information content (AvgIpc) is 2.97. The maximum absolute atomic E-state index is 13.5. The molecule has 0 bridgehead atoms. The first kappa shape index (κ1) is 31.4. The van der Waals surface area contributed by atoms with E-state index in [1.54, 1.807) is 41.3 Å². The highest BCUT2D eigenvalue weighted by atomic mass is 32.2. The van der Waals surface area contributed by atoms with Gasteiger partial charge in [-0.3, -0.25) is 9.62 Å². The number of fused-ring (bicyclic) bond motifs is 1. The summed E-state index contributed by atoms with van der Waals surface area (Å²) in [6.45, 7) is 3.91. The van der Waals surface area contributed by atoms with Crippen LogP contribution in [0.4, 0.5) is 26.1 Å². The largest absolute Gasteiger partial charge is 0.493 e. The number of aliphatic hydroxyl groups is 1. The third-order valence-corrected chi connectivity index (χ3v) is 8.47. The Morgan fingerprint density at radius 2 is 1.68 bits per heavy atom. The number of halogens is 2. The summed E-state index contributed by atoms with van der Waals surface area (Å²) in [5, 5.41) is 12.5. The molecule has 3 aromatic carbocycles. The van der Waals surface area contributed by atoms with Crippen LogP contribution in [0, 0.1) is 0 Å². The minimum Gasteiger partial charge on any atom is -0.493 e. The van der Waals surface area contributed by atoms with E-state index in [9.17, 15) is 22.3 Å². The summed E-state index contributed by atoms with van der Waals surface area (Å²) in [6.07, 6.45) is 0.401. The van der Waals surface area contributed by atoms with E-state index in [0.717, 1.165) is 11.1 Å². The van der Waals surface area contributed by atoms with Gasteiger partial charge >= 0.3 is 0 Å². The number of aliphatic hydroxyl groups excluding tert-OH is 1. The van der Waals surface area contributed by atoms with Gasteiger partial charge in [-0.15, -0.1) is 0 Å². The van der Waals surface area contributed by atoms with Gasteiger partial charge in [0.05, 0.1) is 48.4 Å². The van der Waals surface area contributed by atoms with Crippen LogP contribution in [0.3, 0.4) is 0 Å². The second kappa shape index (κ2) is 12.9. The summed E-state index contributed by atoms with van der Waals surface area (Å²) < 4.78 is 67.6. The molecule has 1 saturated heterocycles. The Balaban J connectivity index is 1.48. The number of ether oxygens (including phenoxy) is 2. The molecular weight excluding hydrogens is 592 g/mol.